The van der Waals surface area contributed by atoms with E-state index < -0.39 is 5.82 Å². The van der Waals surface area contributed by atoms with Gasteiger partial charge in [-0.05, 0) is 54.1 Å². The average molecular weight is 385 g/mol. The van der Waals surface area contributed by atoms with Gasteiger partial charge in [0.25, 0.3) is 0 Å². The summed E-state index contributed by atoms with van der Waals surface area (Å²) in [7, 11) is 1.59. The van der Waals surface area contributed by atoms with Crippen LogP contribution in [0.1, 0.15) is 11.1 Å². The van der Waals surface area contributed by atoms with Crippen LogP contribution in [0.5, 0.6) is 11.5 Å². The van der Waals surface area contributed by atoms with Crippen LogP contribution >= 0.6 is 11.6 Å². The van der Waals surface area contributed by atoms with Crippen LogP contribution in [0.15, 0.2) is 71.8 Å². The van der Waals surface area contributed by atoms with Gasteiger partial charge in [0.15, 0.2) is 0 Å². The molecule has 3 aromatic carbocycles. The zero-order valence-corrected chi connectivity index (χ0v) is 15.4. The molecule has 1 N–H and O–H groups in total. The van der Waals surface area contributed by atoms with Gasteiger partial charge in [-0.1, -0.05) is 29.8 Å². The average Bonchev–Trinajstić information content (AvgIpc) is 2.68. The highest BCUT2D eigenvalue weighted by Crippen LogP contribution is 2.27. The van der Waals surface area contributed by atoms with Crippen molar-refractivity contribution in [1.82, 2.24) is 0 Å². The number of rotatable bonds is 7. The molecule has 0 unspecified atom stereocenters. The molecule has 3 rings (SSSR count). The molecule has 138 valence electrons. The molecule has 0 radical (unpaired) electrons. The first-order chi connectivity index (χ1) is 13.2. The summed E-state index contributed by atoms with van der Waals surface area (Å²) < 4.78 is 24.2. The maximum atomic E-state index is 13.1. The molecule has 0 aliphatic rings. The fourth-order valence-electron chi connectivity index (χ4n) is 2.43. The number of hydrogen-bond acceptors (Lipinski definition) is 4. The summed E-state index contributed by atoms with van der Waals surface area (Å²) in [5.41, 5.74) is 5.56. The molecule has 0 heterocycles. The van der Waals surface area contributed by atoms with E-state index in [1.165, 1.54) is 18.2 Å². The third-order valence-corrected chi connectivity index (χ3v) is 4.06. The lowest BCUT2D eigenvalue weighted by Crippen LogP contribution is -2.01. The lowest BCUT2D eigenvalue weighted by Gasteiger charge is -2.12. The van der Waals surface area contributed by atoms with Crippen molar-refractivity contribution in [3.05, 3.63) is 88.7 Å². The summed E-state index contributed by atoms with van der Waals surface area (Å²) in [4.78, 5) is 0. The number of methoxy groups -OCH3 is 1. The summed E-state index contributed by atoms with van der Waals surface area (Å²) in [6.07, 6.45) is 1.71. The smallest absolute Gasteiger partial charge is 0.138 e. The zero-order valence-electron chi connectivity index (χ0n) is 14.7. The summed E-state index contributed by atoms with van der Waals surface area (Å²) in [6.45, 7) is 0.225. The third-order valence-electron chi connectivity index (χ3n) is 3.76. The van der Waals surface area contributed by atoms with Gasteiger partial charge in [-0.15, -0.1) is 0 Å². The summed E-state index contributed by atoms with van der Waals surface area (Å²) in [5.74, 6) is 0.681. The first kappa shape index (κ1) is 18.7. The summed E-state index contributed by atoms with van der Waals surface area (Å²) >= 11 is 6.00. The van der Waals surface area contributed by atoms with Gasteiger partial charge in [0.05, 0.1) is 24.0 Å². The van der Waals surface area contributed by atoms with Gasteiger partial charge < -0.3 is 9.47 Å². The number of para-hydroxylation sites is 1. The molecule has 6 heteroatoms. The normalized spacial score (nSPS) is 10.8. The van der Waals surface area contributed by atoms with E-state index in [0.29, 0.717) is 11.5 Å². The predicted octanol–water partition coefficient (Wildman–Crippen LogP) is 5.51. The molecule has 0 aliphatic carbocycles. The number of anilines is 1. The molecule has 0 fully saturated rings. The fraction of sp³-hybridized carbons (Fsp3) is 0.0952. The third kappa shape index (κ3) is 5.21. The largest absolute Gasteiger partial charge is 0.496 e. The molecule has 0 saturated carbocycles. The lowest BCUT2D eigenvalue weighted by molar-refractivity contribution is 0.296. The molecule has 0 amide bonds. The molecular formula is C21H18ClFN2O2. The van der Waals surface area contributed by atoms with Crippen molar-refractivity contribution in [3.8, 4) is 11.5 Å². The van der Waals surface area contributed by atoms with Crippen LogP contribution < -0.4 is 14.9 Å². The summed E-state index contributed by atoms with van der Waals surface area (Å²) in [5, 5.41) is 4.45. The van der Waals surface area contributed by atoms with Gasteiger partial charge in [0, 0.05) is 5.56 Å². The van der Waals surface area contributed by atoms with Gasteiger partial charge in [-0.2, -0.15) is 5.10 Å². The molecule has 0 aromatic heterocycles. The Morgan fingerprint density at radius 2 is 1.81 bits per heavy atom. The van der Waals surface area contributed by atoms with E-state index >= 15 is 0 Å². The van der Waals surface area contributed by atoms with E-state index in [1.807, 2.05) is 48.5 Å². The molecule has 0 bridgehead atoms. The van der Waals surface area contributed by atoms with Gasteiger partial charge >= 0.3 is 0 Å². The first-order valence-electron chi connectivity index (χ1n) is 8.24. The highest BCUT2D eigenvalue weighted by Gasteiger charge is 2.08. The van der Waals surface area contributed by atoms with Crippen LogP contribution in [0.2, 0.25) is 5.02 Å². The highest BCUT2D eigenvalue weighted by molar-refractivity contribution is 6.32. The van der Waals surface area contributed by atoms with Crippen molar-refractivity contribution < 1.29 is 13.9 Å². The quantitative estimate of drug-likeness (QED) is 0.431. The van der Waals surface area contributed by atoms with Crippen LogP contribution in [-0.4, -0.2) is 13.3 Å². The Labute approximate surface area is 162 Å². The first-order valence-corrected chi connectivity index (χ1v) is 8.62. The van der Waals surface area contributed by atoms with Crippen molar-refractivity contribution in [2.24, 2.45) is 5.10 Å². The number of ether oxygens (including phenoxy) is 2. The maximum Gasteiger partial charge on any atom is 0.138 e. The number of hydrazone groups is 1. The Kier molecular flexibility index (Phi) is 6.28. The van der Waals surface area contributed by atoms with Crippen LogP contribution in [0, 0.1) is 5.82 Å². The van der Waals surface area contributed by atoms with E-state index in [1.54, 1.807) is 13.3 Å². The molecule has 0 aliphatic heterocycles. The van der Waals surface area contributed by atoms with Crippen molar-refractivity contribution in [1.29, 1.82) is 0 Å². The Hall–Kier alpha value is -3.05. The van der Waals surface area contributed by atoms with Crippen molar-refractivity contribution in [3.63, 3.8) is 0 Å². The Morgan fingerprint density at radius 3 is 2.56 bits per heavy atom. The van der Waals surface area contributed by atoms with E-state index in [4.69, 9.17) is 21.1 Å². The van der Waals surface area contributed by atoms with Crippen LogP contribution in [0.25, 0.3) is 0 Å². The SMILES string of the molecule is COc1ccc(C=NNc2ccccc2)cc1COc1ccc(F)cc1Cl. The topological polar surface area (TPSA) is 42.8 Å². The van der Waals surface area contributed by atoms with Gasteiger partial charge in [-0.3, -0.25) is 5.43 Å². The summed E-state index contributed by atoms with van der Waals surface area (Å²) in [6, 6.07) is 19.3. The minimum atomic E-state index is -0.408. The minimum Gasteiger partial charge on any atom is -0.496 e. The second-order valence-corrected chi connectivity index (χ2v) is 6.08. The number of hydrogen-bond donors (Lipinski definition) is 1. The van der Waals surface area contributed by atoms with E-state index in [-0.39, 0.29) is 11.6 Å². The number of nitrogens with one attached hydrogen (secondary N) is 1. The van der Waals surface area contributed by atoms with E-state index in [9.17, 15) is 4.39 Å². The Bertz CT molecular complexity index is 933. The minimum absolute atomic E-state index is 0.221. The molecule has 27 heavy (non-hydrogen) atoms. The van der Waals surface area contributed by atoms with E-state index in [0.717, 1.165) is 16.8 Å². The molecule has 3 aromatic rings. The van der Waals surface area contributed by atoms with Gasteiger partial charge in [0.2, 0.25) is 0 Å². The van der Waals surface area contributed by atoms with Gasteiger partial charge in [-0.25, -0.2) is 4.39 Å². The monoisotopic (exact) mass is 384 g/mol. The zero-order chi connectivity index (χ0) is 19.1. The Morgan fingerprint density at radius 1 is 1.04 bits per heavy atom. The second-order valence-electron chi connectivity index (χ2n) is 5.67. The predicted molar refractivity (Wildman–Crippen MR) is 106 cm³/mol. The maximum absolute atomic E-state index is 13.1. The van der Waals surface area contributed by atoms with Crippen molar-refractivity contribution in [2.75, 3.05) is 12.5 Å². The van der Waals surface area contributed by atoms with Crippen molar-refractivity contribution >= 4 is 23.5 Å². The van der Waals surface area contributed by atoms with E-state index in [2.05, 4.69) is 10.5 Å². The number of halogens is 2. The standard InChI is InChI=1S/C21H18ClFN2O2/c1-26-20-9-7-15(13-24-25-18-5-3-2-4-6-18)11-16(20)14-27-21-10-8-17(23)12-19(21)22/h2-13,25H,14H2,1H3. The van der Waals surface area contributed by atoms with Crippen LogP contribution in [0.3, 0.4) is 0 Å². The highest BCUT2D eigenvalue weighted by atomic mass is 35.5. The number of benzene rings is 3. The molecule has 0 atom stereocenters. The van der Waals surface area contributed by atoms with Crippen molar-refractivity contribution in [2.45, 2.75) is 6.61 Å². The molecule has 4 nitrogen and oxygen atoms in total. The van der Waals surface area contributed by atoms with Crippen LogP contribution in [-0.2, 0) is 6.61 Å². The second kappa shape index (κ2) is 9.05. The molecular weight excluding hydrogens is 367 g/mol. The molecule has 0 spiro atoms. The number of nitrogens with zero attached hydrogens (tertiary/aromatic N) is 1. The lowest BCUT2D eigenvalue weighted by atomic mass is 10.1. The van der Waals surface area contributed by atoms with Crippen LogP contribution in [0.4, 0.5) is 10.1 Å². The van der Waals surface area contributed by atoms with Gasteiger partial charge in [0.1, 0.15) is 23.9 Å². The molecule has 0 saturated heterocycles. The Balaban J connectivity index is 1.71. The fourth-order valence-corrected chi connectivity index (χ4v) is 2.66.